The molecule has 1 unspecified atom stereocenters. The van der Waals surface area contributed by atoms with Crippen molar-refractivity contribution in [2.75, 3.05) is 5.32 Å². The third kappa shape index (κ3) is 4.32. The highest BCUT2D eigenvalue weighted by Gasteiger charge is 2.17. The summed E-state index contributed by atoms with van der Waals surface area (Å²) in [6.07, 6.45) is 1.63. The lowest BCUT2D eigenvalue weighted by molar-refractivity contribution is -0.115. The van der Waals surface area contributed by atoms with Crippen LogP contribution in [-0.2, 0) is 4.79 Å². The van der Waals surface area contributed by atoms with Crippen LogP contribution in [0.3, 0.4) is 0 Å². The van der Waals surface area contributed by atoms with Crippen molar-refractivity contribution in [3.8, 4) is 0 Å². The van der Waals surface area contributed by atoms with E-state index in [1.165, 1.54) is 18.7 Å². The monoisotopic (exact) mass is 334 g/mol. The van der Waals surface area contributed by atoms with Gasteiger partial charge in [0.15, 0.2) is 5.78 Å². The number of hydrogen-bond donors (Lipinski definition) is 1. The van der Waals surface area contributed by atoms with E-state index < -0.39 is 0 Å². The third-order valence-electron chi connectivity index (χ3n) is 2.92. The van der Waals surface area contributed by atoms with E-state index in [0.29, 0.717) is 21.3 Å². The number of ketones is 1. The highest BCUT2D eigenvalue weighted by molar-refractivity contribution is 8.00. The van der Waals surface area contributed by atoms with Crippen molar-refractivity contribution in [3.05, 3.63) is 53.2 Å². The molecular formula is C16H15ClN2O2S. The number of pyridine rings is 1. The van der Waals surface area contributed by atoms with Gasteiger partial charge in [0.05, 0.1) is 10.3 Å². The molecule has 0 spiro atoms. The lowest BCUT2D eigenvalue weighted by atomic mass is 10.1. The number of aromatic nitrogens is 1. The Morgan fingerprint density at radius 2 is 2.05 bits per heavy atom. The maximum atomic E-state index is 12.2. The Kier molecular flexibility index (Phi) is 5.57. The molecule has 2 rings (SSSR count). The van der Waals surface area contributed by atoms with Crippen molar-refractivity contribution in [2.24, 2.45) is 0 Å². The molecule has 1 N–H and O–H groups in total. The summed E-state index contributed by atoms with van der Waals surface area (Å²) >= 11 is 7.32. The molecule has 0 fully saturated rings. The van der Waals surface area contributed by atoms with Crippen LogP contribution in [0.15, 0.2) is 47.6 Å². The number of halogens is 1. The summed E-state index contributed by atoms with van der Waals surface area (Å²) in [6.45, 7) is 3.27. The molecule has 0 aliphatic rings. The molecule has 0 radical (unpaired) electrons. The molecule has 1 atom stereocenters. The lowest BCUT2D eigenvalue weighted by Gasteiger charge is -2.12. The normalized spacial score (nSPS) is 11.8. The highest BCUT2D eigenvalue weighted by atomic mass is 35.5. The third-order valence-corrected chi connectivity index (χ3v) is 4.45. The Morgan fingerprint density at radius 3 is 2.73 bits per heavy atom. The van der Waals surface area contributed by atoms with Crippen LogP contribution in [0, 0.1) is 0 Å². The fraction of sp³-hybridized carbons (Fsp3) is 0.188. The number of nitrogens with zero attached hydrogens (tertiary/aromatic N) is 1. The van der Waals surface area contributed by atoms with Gasteiger partial charge in [-0.15, -0.1) is 0 Å². The van der Waals surface area contributed by atoms with Gasteiger partial charge in [-0.2, -0.15) is 0 Å². The number of hydrogen-bond acceptors (Lipinski definition) is 4. The maximum absolute atomic E-state index is 12.2. The summed E-state index contributed by atoms with van der Waals surface area (Å²) in [4.78, 5) is 27.7. The molecule has 22 heavy (non-hydrogen) atoms. The van der Waals surface area contributed by atoms with Gasteiger partial charge >= 0.3 is 0 Å². The number of thioether (sulfide) groups is 1. The number of benzene rings is 1. The largest absolute Gasteiger partial charge is 0.325 e. The molecule has 2 aromatic rings. The number of Topliss-reactive ketones (excluding diaryl/α,β-unsaturated/α-hetero) is 1. The number of rotatable bonds is 5. The van der Waals surface area contributed by atoms with Crippen LogP contribution in [0.1, 0.15) is 24.2 Å². The Balaban J connectivity index is 2.04. The van der Waals surface area contributed by atoms with E-state index in [1.54, 1.807) is 49.5 Å². The van der Waals surface area contributed by atoms with E-state index in [1.807, 2.05) is 0 Å². The van der Waals surface area contributed by atoms with Crippen molar-refractivity contribution in [3.63, 3.8) is 0 Å². The highest BCUT2D eigenvalue weighted by Crippen LogP contribution is 2.28. The van der Waals surface area contributed by atoms with Gasteiger partial charge in [-0.05, 0) is 38.1 Å². The minimum absolute atomic E-state index is 0.0428. The van der Waals surface area contributed by atoms with Crippen molar-refractivity contribution in [1.82, 2.24) is 4.98 Å². The molecule has 1 aromatic carbocycles. The van der Waals surface area contributed by atoms with Crippen LogP contribution in [0.4, 0.5) is 5.69 Å². The molecule has 1 aromatic heterocycles. The first-order chi connectivity index (χ1) is 10.5. The molecule has 0 aliphatic carbocycles. The number of anilines is 1. The zero-order valence-corrected chi connectivity index (χ0v) is 13.7. The summed E-state index contributed by atoms with van der Waals surface area (Å²) in [5, 5.41) is 3.56. The molecule has 1 amide bonds. The predicted octanol–water partition coefficient (Wildman–Crippen LogP) is 4.06. The van der Waals surface area contributed by atoms with E-state index in [9.17, 15) is 9.59 Å². The van der Waals surface area contributed by atoms with Gasteiger partial charge in [0.1, 0.15) is 5.03 Å². The molecule has 0 bridgehead atoms. The zero-order chi connectivity index (χ0) is 16.1. The summed E-state index contributed by atoms with van der Waals surface area (Å²) in [6, 6.07) is 10.3. The van der Waals surface area contributed by atoms with Gasteiger partial charge in [-0.1, -0.05) is 35.5 Å². The second-order valence-corrected chi connectivity index (χ2v) is 6.41. The smallest absolute Gasteiger partial charge is 0.237 e. The summed E-state index contributed by atoms with van der Waals surface area (Å²) in [5.74, 6) is -0.216. The Labute approximate surface area is 138 Å². The zero-order valence-electron chi connectivity index (χ0n) is 12.2. The molecule has 4 nitrogen and oxygen atoms in total. The Bertz CT molecular complexity index is 706. The molecule has 1 heterocycles. The van der Waals surface area contributed by atoms with Gasteiger partial charge in [0, 0.05) is 17.4 Å². The van der Waals surface area contributed by atoms with Gasteiger partial charge in [-0.3, -0.25) is 9.59 Å². The Morgan fingerprint density at radius 1 is 1.27 bits per heavy atom. The van der Waals surface area contributed by atoms with Crippen molar-refractivity contribution in [1.29, 1.82) is 0 Å². The number of carbonyl (C=O) groups excluding carboxylic acids is 2. The average molecular weight is 335 g/mol. The molecule has 0 aliphatic heterocycles. The quantitative estimate of drug-likeness (QED) is 0.661. The second kappa shape index (κ2) is 7.42. The van der Waals surface area contributed by atoms with Gasteiger partial charge in [0.2, 0.25) is 5.91 Å². The number of carbonyl (C=O) groups is 2. The molecule has 0 saturated heterocycles. The van der Waals surface area contributed by atoms with Crippen LogP contribution in [0.25, 0.3) is 0 Å². The van der Waals surface area contributed by atoms with E-state index >= 15 is 0 Å². The van der Waals surface area contributed by atoms with Crippen LogP contribution in [0.5, 0.6) is 0 Å². The number of nitrogens with one attached hydrogen (secondary N) is 1. The van der Waals surface area contributed by atoms with Crippen LogP contribution in [0.2, 0.25) is 5.02 Å². The first-order valence-corrected chi connectivity index (χ1v) is 7.92. The number of amides is 1. The Hall–Kier alpha value is -1.85. The molecule has 6 heteroatoms. The summed E-state index contributed by atoms with van der Waals surface area (Å²) < 4.78 is 0. The van der Waals surface area contributed by atoms with E-state index in [0.717, 1.165) is 0 Å². The SMILES string of the molecule is CC(=O)c1cccc(NC(=O)C(C)Sc2ncccc2Cl)c1. The van der Waals surface area contributed by atoms with E-state index in [4.69, 9.17) is 11.6 Å². The summed E-state index contributed by atoms with van der Waals surface area (Å²) in [5.41, 5.74) is 1.16. The van der Waals surface area contributed by atoms with Gasteiger partial charge in [-0.25, -0.2) is 4.98 Å². The van der Waals surface area contributed by atoms with E-state index in [-0.39, 0.29) is 16.9 Å². The molecule has 0 saturated carbocycles. The predicted molar refractivity (Wildman–Crippen MR) is 89.6 cm³/mol. The molecular weight excluding hydrogens is 320 g/mol. The summed E-state index contributed by atoms with van der Waals surface area (Å²) in [7, 11) is 0. The second-order valence-electron chi connectivity index (χ2n) is 4.68. The van der Waals surface area contributed by atoms with Crippen LogP contribution >= 0.6 is 23.4 Å². The van der Waals surface area contributed by atoms with Crippen molar-refractivity contribution in [2.45, 2.75) is 24.1 Å². The molecule has 114 valence electrons. The first-order valence-electron chi connectivity index (χ1n) is 6.66. The van der Waals surface area contributed by atoms with Crippen molar-refractivity contribution < 1.29 is 9.59 Å². The minimum atomic E-state index is -0.367. The first kappa shape index (κ1) is 16.5. The topological polar surface area (TPSA) is 59.1 Å². The average Bonchev–Trinajstić information content (AvgIpc) is 2.49. The van der Waals surface area contributed by atoms with Crippen molar-refractivity contribution >= 4 is 40.7 Å². The van der Waals surface area contributed by atoms with Crippen LogP contribution in [-0.4, -0.2) is 21.9 Å². The fourth-order valence-corrected chi connectivity index (χ4v) is 2.80. The van der Waals surface area contributed by atoms with Gasteiger partial charge in [0.25, 0.3) is 0 Å². The van der Waals surface area contributed by atoms with Gasteiger partial charge < -0.3 is 5.32 Å². The minimum Gasteiger partial charge on any atom is -0.325 e. The van der Waals surface area contributed by atoms with Crippen LogP contribution < -0.4 is 5.32 Å². The standard InChI is InChI=1S/C16H15ClN2O2S/c1-10(20)12-5-3-6-13(9-12)19-15(21)11(2)22-16-14(17)7-4-8-18-16/h3-9,11H,1-2H3,(H,19,21). The van der Waals surface area contributed by atoms with E-state index in [2.05, 4.69) is 10.3 Å². The fourth-order valence-electron chi connectivity index (χ4n) is 1.74. The maximum Gasteiger partial charge on any atom is 0.237 e. The lowest BCUT2D eigenvalue weighted by Crippen LogP contribution is -2.22.